The van der Waals surface area contributed by atoms with Gasteiger partial charge in [0.05, 0.1) is 6.04 Å². The zero-order chi connectivity index (χ0) is 10.1. The predicted molar refractivity (Wildman–Crippen MR) is 52.5 cm³/mol. The summed E-state index contributed by atoms with van der Waals surface area (Å²) in [6.07, 6.45) is 3.56. The van der Waals surface area contributed by atoms with Crippen LogP contribution in [0.5, 0.6) is 0 Å². The van der Waals surface area contributed by atoms with Crippen molar-refractivity contribution in [2.24, 2.45) is 17.6 Å². The van der Waals surface area contributed by atoms with Crippen molar-refractivity contribution in [2.75, 3.05) is 0 Å². The van der Waals surface area contributed by atoms with E-state index in [1.807, 2.05) is 0 Å². The Balaban J connectivity index is 2.00. The molecule has 0 unspecified atom stereocenters. The van der Waals surface area contributed by atoms with Gasteiger partial charge in [0.2, 0.25) is 5.89 Å². The van der Waals surface area contributed by atoms with Gasteiger partial charge in [-0.2, -0.15) is 4.98 Å². The lowest BCUT2D eigenvalue weighted by Crippen LogP contribution is -2.17. The van der Waals surface area contributed by atoms with Gasteiger partial charge in [-0.05, 0) is 24.7 Å². The highest BCUT2D eigenvalue weighted by Gasteiger charge is 2.25. The largest absolute Gasteiger partial charge is 0.338 e. The molecule has 2 N–H and O–H groups in total. The molecule has 1 aliphatic carbocycles. The maximum atomic E-state index is 5.90. The molecule has 14 heavy (non-hydrogen) atoms. The summed E-state index contributed by atoms with van der Waals surface area (Å²) in [7, 11) is 0. The summed E-state index contributed by atoms with van der Waals surface area (Å²) in [5.41, 5.74) is 5.90. The van der Waals surface area contributed by atoms with Crippen molar-refractivity contribution in [3.05, 3.63) is 11.7 Å². The second-order valence-corrected chi connectivity index (χ2v) is 4.47. The molecule has 2 rings (SSSR count). The molecule has 0 spiro atoms. The summed E-state index contributed by atoms with van der Waals surface area (Å²) in [4.78, 5) is 4.31. The Morgan fingerprint density at radius 2 is 2.21 bits per heavy atom. The Morgan fingerprint density at radius 3 is 2.79 bits per heavy atom. The van der Waals surface area contributed by atoms with Gasteiger partial charge in [0.1, 0.15) is 0 Å². The molecule has 0 radical (unpaired) electrons. The lowest BCUT2D eigenvalue weighted by atomic mass is 10.1. The number of nitrogens with zero attached hydrogens (tertiary/aromatic N) is 2. The van der Waals surface area contributed by atoms with Gasteiger partial charge in [-0.25, -0.2) is 0 Å². The maximum Gasteiger partial charge on any atom is 0.243 e. The number of aromatic nitrogens is 2. The third-order valence-electron chi connectivity index (χ3n) is 2.66. The highest BCUT2D eigenvalue weighted by Crippen LogP contribution is 2.32. The smallest absolute Gasteiger partial charge is 0.243 e. The molecule has 0 amide bonds. The average molecular weight is 195 g/mol. The van der Waals surface area contributed by atoms with Crippen molar-refractivity contribution in [1.29, 1.82) is 0 Å². The van der Waals surface area contributed by atoms with E-state index in [2.05, 4.69) is 24.0 Å². The fourth-order valence-electron chi connectivity index (χ4n) is 1.35. The van der Waals surface area contributed by atoms with Gasteiger partial charge in [-0.3, -0.25) is 0 Å². The second-order valence-electron chi connectivity index (χ2n) is 4.47. The first kappa shape index (κ1) is 9.65. The van der Waals surface area contributed by atoms with E-state index in [1.54, 1.807) is 0 Å². The molecule has 78 valence electrons. The minimum absolute atomic E-state index is 0.129. The van der Waals surface area contributed by atoms with Gasteiger partial charge in [0.25, 0.3) is 0 Å². The summed E-state index contributed by atoms with van der Waals surface area (Å²) in [5, 5.41) is 3.93. The van der Waals surface area contributed by atoms with Gasteiger partial charge >= 0.3 is 0 Å². The van der Waals surface area contributed by atoms with Crippen molar-refractivity contribution < 1.29 is 4.52 Å². The molecule has 1 saturated carbocycles. The highest BCUT2D eigenvalue weighted by molar-refractivity contribution is 4.95. The first-order valence-electron chi connectivity index (χ1n) is 5.25. The van der Waals surface area contributed by atoms with E-state index in [4.69, 9.17) is 10.3 Å². The molecule has 1 aromatic rings. The fourth-order valence-corrected chi connectivity index (χ4v) is 1.35. The number of nitrogens with two attached hydrogens (primary N) is 1. The lowest BCUT2D eigenvalue weighted by Gasteiger charge is -2.09. The summed E-state index contributed by atoms with van der Waals surface area (Å²) < 4.78 is 5.13. The molecule has 1 fully saturated rings. The average Bonchev–Trinajstić information content (AvgIpc) is 2.81. The molecule has 1 aliphatic rings. The molecule has 4 heteroatoms. The van der Waals surface area contributed by atoms with Crippen molar-refractivity contribution >= 4 is 0 Å². The highest BCUT2D eigenvalue weighted by atomic mass is 16.5. The molecular formula is C10H17N3O. The van der Waals surface area contributed by atoms with Crippen LogP contribution in [-0.4, -0.2) is 10.1 Å². The van der Waals surface area contributed by atoms with Gasteiger partial charge in [0.15, 0.2) is 5.82 Å². The predicted octanol–water partition coefficient (Wildman–Crippen LogP) is 1.68. The van der Waals surface area contributed by atoms with Crippen LogP contribution in [0.4, 0.5) is 0 Å². The molecule has 1 heterocycles. The van der Waals surface area contributed by atoms with Crippen molar-refractivity contribution in [2.45, 2.75) is 39.2 Å². The summed E-state index contributed by atoms with van der Waals surface area (Å²) in [6.45, 7) is 4.10. The molecule has 0 aliphatic heterocycles. The first-order chi connectivity index (χ1) is 6.66. The first-order valence-corrected chi connectivity index (χ1v) is 5.25. The molecule has 1 aromatic heterocycles. The van der Waals surface area contributed by atoms with Gasteiger partial charge in [-0.1, -0.05) is 19.0 Å². The van der Waals surface area contributed by atoms with Crippen LogP contribution in [0.2, 0.25) is 0 Å². The zero-order valence-electron chi connectivity index (χ0n) is 8.73. The Hall–Kier alpha value is -0.900. The Labute approximate surface area is 83.9 Å². The second kappa shape index (κ2) is 3.69. The van der Waals surface area contributed by atoms with Crippen LogP contribution < -0.4 is 5.73 Å². The van der Waals surface area contributed by atoms with E-state index in [-0.39, 0.29) is 6.04 Å². The topological polar surface area (TPSA) is 64.9 Å². The Morgan fingerprint density at radius 1 is 1.50 bits per heavy atom. The summed E-state index contributed by atoms with van der Waals surface area (Å²) in [5.74, 6) is 2.52. The molecule has 0 saturated heterocycles. The van der Waals surface area contributed by atoms with Gasteiger partial charge < -0.3 is 10.3 Å². The number of hydrogen-bond acceptors (Lipinski definition) is 4. The summed E-state index contributed by atoms with van der Waals surface area (Å²) >= 11 is 0. The maximum absolute atomic E-state index is 5.90. The van der Waals surface area contributed by atoms with Crippen molar-refractivity contribution in [3.63, 3.8) is 0 Å². The van der Waals surface area contributed by atoms with Crippen molar-refractivity contribution in [1.82, 2.24) is 10.1 Å². The van der Waals surface area contributed by atoms with E-state index >= 15 is 0 Å². The van der Waals surface area contributed by atoms with E-state index < -0.39 is 0 Å². The van der Waals surface area contributed by atoms with E-state index in [0.29, 0.717) is 11.8 Å². The van der Waals surface area contributed by atoms with Crippen LogP contribution in [0.1, 0.15) is 44.4 Å². The van der Waals surface area contributed by atoms with E-state index in [9.17, 15) is 0 Å². The van der Waals surface area contributed by atoms with Crippen molar-refractivity contribution in [3.8, 4) is 0 Å². The number of hydrogen-bond donors (Lipinski definition) is 1. The molecule has 0 aromatic carbocycles. The van der Waals surface area contributed by atoms with Gasteiger partial charge in [-0.15, -0.1) is 0 Å². The Bertz CT molecular complexity index is 304. The third-order valence-corrected chi connectivity index (χ3v) is 2.66. The van der Waals surface area contributed by atoms with Crippen LogP contribution in [0.15, 0.2) is 4.52 Å². The van der Waals surface area contributed by atoms with Crippen LogP contribution in [0.25, 0.3) is 0 Å². The van der Waals surface area contributed by atoms with E-state index in [0.717, 1.165) is 18.2 Å². The van der Waals surface area contributed by atoms with E-state index in [1.165, 1.54) is 12.8 Å². The Kier molecular flexibility index (Phi) is 2.54. The molecular weight excluding hydrogens is 178 g/mol. The van der Waals surface area contributed by atoms with Crippen LogP contribution in [0.3, 0.4) is 0 Å². The number of rotatable bonds is 4. The van der Waals surface area contributed by atoms with Gasteiger partial charge in [0, 0.05) is 6.42 Å². The quantitative estimate of drug-likeness (QED) is 0.793. The van der Waals surface area contributed by atoms with Crippen LogP contribution >= 0.6 is 0 Å². The minimum Gasteiger partial charge on any atom is -0.338 e. The SMILES string of the molecule is CC(C)[C@@H](N)c1nc(CC2CC2)no1. The summed E-state index contributed by atoms with van der Waals surface area (Å²) in [6, 6.07) is -0.129. The molecule has 4 nitrogen and oxygen atoms in total. The van der Waals surface area contributed by atoms with Crippen LogP contribution in [-0.2, 0) is 6.42 Å². The fraction of sp³-hybridized carbons (Fsp3) is 0.800. The zero-order valence-corrected chi connectivity index (χ0v) is 8.73. The van der Waals surface area contributed by atoms with Crippen LogP contribution in [0, 0.1) is 11.8 Å². The molecule has 0 bridgehead atoms. The normalized spacial score (nSPS) is 18.9. The lowest BCUT2D eigenvalue weighted by molar-refractivity contribution is 0.322. The monoisotopic (exact) mass is 195 g/mol. The standard InChI is InChI=1S/C10H17N3O/c1-6(2)9(11)10-12-8(13-14-10)5-7-3-4-7/h6-7,9H,3-5,11H2,1-2H3/t9-/m1/s1. The minimum atomic E-state index is -0.129. The third kappa shape index (κ3) is 2.12. The molecule has 1 atom stereocenters.